The third-order valence-electron chi connectivity index (χ3n) is 3.19. The van der Waals surface area contributed by atoms with E-state index in [1.807, 2.05) is 0 Å². The number of aliphatic carboxylic acids is 1. The zero-order chi connectivity index (χ0) is 11.7. The molecule has 1 aromatic carbocycles. The second-order valence-corrected chi connectivity index (χ2v) is 4.17. The van der Waals surface area contributed by atoms with Crippen LogP contribution in [0.25, 0.3) is 0 Å². The Balaban J connectivity index is 2.29. The van der Waals surface area contributed by atoms with Gasteiger partial charge in [-0.2, -0.15) is 0 Å². The van der Waals surface area contributed by atoms with Gasteiger partial charge in [0.25, 0.3) is 0 Å². The lowest BCUT2D eigenvalue weighted by Gasteiger charge is -2.19. The van der Waals surface area contributed by atoms with Gasteiger partial charge < -0.3 is 10.2 Å². The predicted molar refractivity (Wildman–Crippen MR) is 55.5 cm³/mol. The van der Waals surface area contributed by atoms with Gasteiger partial charge in [0, 0.05) is 5.92 Å². The van der Waals surface area contributed by atoms with E-state index in [2.05, 4.69) is 0 Å². The topological polar surface area (TPSA) is 57.5 Å². The number of aliphatic hydroxyl groups excluding tert-OH is 1. The molecule has 0 aliphatic heterocycles. The van der Waals surface area contributed by atoms with Crippen molar-refractivity contribution in [1.29, 1.82) is 0 Å². The molecule has 0 spiro atoms. The van der Waals surface area contributed by atoms with E-state index in [-0.39, 0.29) is 5.82 Å². The summed E-state index contributed by atoms with van der Waals surface area (Å²) in [7, 11) is 0. The van der Waals surface area contributed by atoms with Crippen molar-refractivity contribution in [3.63, 3.8) is 0 Å². The lowest BCUT2D eigenvalue weighted by molar-refractivity contribution is -0.142. The van der Waals surface area contributed by atoms with E-state index in [0.717, 1.165) is 0 Å². The van der Waals surface area contributed by atoms with Crippen LogP contribution in [0.3, 0.4) is 0 Å². The molecule has 1 unspecified atom stereocenters. The van der Waals surface area contributed by atoms with E-state index in [9.17, 15) is 14.3 Å². The molecule has 2 rings (SSSR count). The molecule has 3 nitrogen and oxygen atoms in total. The van der Waals surface area contributed by atoms with Gasteiger partial charge in [0.05, 0.1) is 12.0 Å². The normalized spacial score (nSPS) is 29.2. The van der Waals surface area contributed by atoms with Gasteiger partial charge in [-0.1, -0.05) is 12.1 Å². The molecule has 0 radical (unpaired) electrons. The van der Waals surface area contributed by atoms with E-state index in [1.54, 1.807) is 12.1 Å². The van der Waals surface area contributed by atoms with Crippen LogP contribution in [0.4, 0.5) is 4.39 Å². The molecule has 2 N–H and O–H groups in total. The molecule has 1 saturated carbocycles. The standard InChI is InChI=1S/C12H13FO3/c13-8-3-1-7(2-4-8)11-9(12(15)16)5-6-10(11)14/h1-4,9-11,14H,5-6H2,(H,15,16)/t9-,10?,11+/m1/s1. The van der Waals surface area contributed by atoms with Gasteiger partial charge in [-0.05, 0) is 30.5 Å². The van der Waals surface area contributed by atoms with Crippen LogP contribution in [0.2, 0.25) is 0 Å². The summed E-state index contributed by atoms with van der Waals surface area (Å²) in [5.41, 5.74) is 0.693. The Labute approximate surface area is 92.5 Å². The summed E-state index contributed by atoms with van der Waals surface area (Å²) in [6.45, 7) is 0. The molecule has 0 saturated heterocycles. The summed E-state index contributed by atoms with van der Waals surface area (Å²) < 4.78 is 12.7. The minimum atomic E-state index is -0.897. The molecule has 1 fully saturated rings. The average Bonchev–Trinajstić information content (AvgIpc) is 2.62. The highest BCUT2D eigenvalue weighted by molar-refractivity contribution is 5.72. The lowest BCUT2D eigenvalue weighted by Crippen LogP contribution is -2.22. The zero-order valence-corrected chi connectivity index (χ0v) is 8.64. The third kappa shape index (κ3) is 1.93. The highest BCUT2D eigenvalue weighted by Crippen LogP contribution is 2.39. The number of rotatable bonds is 2. The fraction of sp³-hybridized carbons (Fsp3) is 0.417. The minimum Gasteiger partial charge on any atom is -0.481 e. The molecule has 3 atom stereocenters. The molecule has 0 amide bonds. The van der Waals surface area contributed by atoms with Crippen LogP contribution in [0.5, 0.6) is 0 Å². The quantitative estimate of drug-likeness (QED) is 0.804. The van der Waals surface area contributed by atoms with Crippen molar-refractivity contribution in [3.05, 3.63) is 35.6 Å². The van der Waals surface area contributed by atoms with Gasteiger partial charge >= 0.3 is 5.97 Å². The first-order valence-corrected chi connectivity index (χ1v) is 5.26. The van der Waals surface area contributed by atoms with E-state index in [4.69, 9.17) is 5.11 Å². The number of aliphatic hydroxyl groups is 1. The lowest BCUT2D eigenvalue weighted by atomic mass is 9.88. The second-order valence-electron chi connectivity index (χ2n) is 4.17. The maximum absolute atomic E-state index is 12.7. The molecule has 0 bridgehead atoms. The first-order valence-electron chi connectivity index (χ1n) is 5.26. The van der Waals surface area contributed by atoms with Crippen molar-refractivity contribution < 1.29 is 19.4 Å². The van der Waals surface area contributed by atoms with Crippen LogP contribution in [0, 0.1) is 11.7 Å². The van der Waals surface area contributed by atoms with Crippen LogP contribution in [-0.2, 0) is 4.79 Å². The Kier molecular flexibility index (Phi) is 2.92. The van der Waals surface area contributed by atoms with Crippen molar-refractivity contribution in [2.75, 3.05) is 0 Å². The molecular weight excluding hydrogens is 211 g/mol. The van der Waals surface area contributed by atoms with Gasteiger partial charge in [-0.15, -0.1) is 0 Å². The molecule has 86 valence electrons. The zero-order valence-electron chi connectivity index (χ0n) is 8.64. The predicted octanol–water partition coefficient (Wildman–Crippen LogP) is 1.76. The monoisotopic (exact) mass is 224 g/mol. The van der Waals surface area contributed by atoms with Crippen LogP contribution in [0.15, 0.2) is 24.3 Å². The van der Waals surface area contributed by atoms with Crippen LogP contribution in [0.1, 0.15) is 24.3 Å². The molecule has 1 aliphatic rings. The summed E-state index contributed by atoms with van der Waals surface area (Å²) in [5, 5.41) is 18.8. The van der Waals surface area contributed by atoms with E-state index in [1.165, 1.54) is 12.1 Å². The molecule has 1 aromatic rings. The van der Waals surface area contributed by atoms with Crippen molar-refractivity contribution in [2.24, 2.45) is 5.92 Å². The average molecular weight is 224 g/mol. The fourth-order valence-corrected chi connectivity index (χ4v) is 2.39. The number of hydrogen-bond donors (Lipinski definition) is 2. The summed E-state index contributed by atoms with van der Waals surface area (Å²) >= 11 is 0. The molecule has 4 heteroatoms. The Bertz CT molecular complexity index is 388. The minimum absolute atomic E-state index is 0.358. The number of carbonyl (C=O) groups is 1. The summed E-state index contributed by atoms with van der Waals surface area (Å²) in [6.07, 6.45) is 0.309. The van der Waals surface area contributed by atoms with Gasteiger partial charge in [-0.3, -0.25) is 4.79 Å². The van der Waals surface area contributed by atoms with Crippen molar-refractivity contribution in [3.8, 4) is 0 Å². The largest absolute Gasteiger partial charge is 0.481 e. The number of benzene rings is 1. The van der Waals surface area contributed by atoms with Crippen LogP contribution in [-0.4, -0.2) is 22.3 Å². The van der Waals surface area contributed by atoms with Gasteiger partial charge in [0.15, 0.2) is 0 Å². The Morgan fingerprint density at radius 3 is 2.44 bits per heavy atom. The molecule has 16 heavy (non-hydrogen) atoms. The van der Waals surface area contributed by atoms with E-state index >= 15 is 0 Å². The van der Waals surface area contributed by atoms with Gasteiger partial charge in [0.2, 0.25) is 0 Å². The number of hydrogen-bond acceptors (Lipinski definition) is 2. The van der Waals surface area contributed by atoms with E-state index < -0.39 is 23.9 Å². The second kappa shape index (κ2) is 4.22. The Morgan fingerprint density at radius 1 is 1.25 bits per heavy atom. The third-order valence-corrected chi connectivity index (χ3v) is 3.19. The van der Waals surface area contributed by atoms with E-state index in [0.29, 0.717) is 18.4 Å². The van der Waals surface area contributed by atoms with Crippen LogP contribution < -0.4 is 0 Å². The van der Waals surface area contributed by atoms with Crippen molar-refractivity contribution >= 4 is 5.97 Å². The number of carboxylic acid groups (broad SMARTS) is 1. The molecule has 1 aliphatic carbocycles. The van der Waals surface area contributed by atoms with Crippen molar-refractivity contribution in [2.45, 2.75) is 24.9 Å². The summed E-state index contributed by atoms with van der Waals surface area (Å²) in [6, 6.07) is 5.67. The first-order chi connectivity index (χ1) is 7.59. The summed E-state index contributed by atoms with van der Waals surface area (Å²) in [5.74, 6) is -2.24. The maximum atomic E-state index is 12.7. The van der Waals surface area contributed by atoms with Crippen molar-refractivity contribution in [1.82, 2.24) is 0 Å². The fourth-order valence-electron chi connectivity index (χ4n) is 2.39. The Morgan fingerprint density at radius 2 is 1.88 bits per heavy atom. The van der Waals surface area contributed by atoms with Gasteiger partial charge in [0.1, 0.15) is 5.82 Å². The number of carboxylic acids is 1. The molecular formula is C12H13FO3. The maximum Gasteiger partial charge on any atom is 0.307 e. The molecule has 0 heterocycles. The highest BCUT2D eigenvalue weighted by Gasteiger charge is 2.40. The Hall–Kier alpha value is -1.42. The SMILES string of the molecule is O=C(O)[C@@H]1CCC(O)[C@H]1c1ccc(F)cc1. The molecule has 0 aromatic heterocycles. The number of halogens is 1. The summed E-state index contributed by atoms with van der Waals surface area (Å²) in [4.78, 5) is 11.0. The first kappa shape index (κ1) is 11.1. The highest BCUT2D eigenvalue weighted by atomic mass is 19.1. The van der Waals surface area contributed by atoms with Gasteiger partial charge in [-0.25, -0.2) is 4.39 Å². The smallest absolute Gasteiger partial charge is 0.307 e. The van der Waals surface area contributed by atoms with Crippen LogP contribution >= 0.6 is 0 Å².